The third-order valence-corrected chi connectivity index (χ3v) is 5.89. The number of thiophene rings is 1. The summed E-state index contributed by atoms with van der Waals surface area (Å²) in [5.41, 5.74) is -0.906. The number of nitrogens with one attached hydrogen (secondary N) is 1. The third kappa shape index (κ3) is 4.65. The van der Waals surface area contributed by atoms with Crippen molar-refractivity contribution in [3.05, 3.63) is 51.7 Å². The van der Waals surface area contributed by atoms with Crippen molar-refractivity contribution in [1.29, 1.82) is 0 Å². The second kappa shape index (κ2) is 7.04. The van der Waals surface area contributed by atoms with Crippen molar-refractivity contribution in [3.8, 4) is 0 Å². The predicted octanol–water partition coefficient (Wildman–Crippen LogP) is 3.49. The first-order valence-electron chi connectivity index (χ1n) is 6.86. The topological polar surface area (TPSA) is 63.2 Å². The number of alkyl halides is 3. The largest absolute Gasteiger partial charge is 0.416 e. The summed E-state index contributed by atoms with van der Waals surface area (Å²) in [4.78, 5) is 12.4. The zero-order chi connectivity index (χ0) is 18.0. The maximum atomic E-state index is 12.5. The van der Waals surface area contributed by atoms with Gasteiger partial charge in [0, 0.05) is 11.4 Å². The first-order valence-corrected chi connectivity index (χ1v) is 9.16. The molecule has 2 rings (SSSR count). The zero-order valence-electron chi connectivity index (χ0n) is 12.6. The maximum Gasteiger partial charge on any atom is 0.416 e. The number of halogens is 3. The van der Waals surface area contributed by atoms with Crippen molar-refractivity contribution in [2.45, 2.75) is 24.4 Å². The number of hydrogen-bond donors (Lipinski definition) is 1. The van der Waals surface area contributed by atoms with E-state index < -0.39 is 21.8 Å². The fourth-order valence-corrected chi connectivity index (χ4v) is 3.85. The molecule has 0 unspecified atom stereocenters. The normalized spacial score (nSPS) is 12.3. The van der Waals surface area contributed by atoms with E-state index in [1.54, 1.807) is 12.1 Å². The van der Waals surface area contributed by atoms with Crippen LogP contribution in [0.5, 0.6) is 0 Å². The van der Waals surface area contributed by atoms with Crippen LogP contribution in [-0.4, -0.2) is 20.7 Å². The van der Waals surface area contributed by atoms with E-state index >= 15 is 0 Å². The quantitative estimate of drug-likeness (QED) is 0.784. The van der Waals surface area contributed by atoms with Gasteiger partial charge in [0.2, 0.25) is 10.0 Å². The highest BCUT2D eigenvalue weighted by Gasteiger charge is 2.30. The Morgan fingerprint density at radius 2 is 1.75 bits per heavy atom. The average molecular weight is 377 g/mol. The minimum absolute atomic E-state index is 0.0587. The van der Waals surface area contributed by atoms with E-state index in [-0.39, 0.29) is 17.2 Å². The smallest absolute Gasteiger partial charge is 0.294 e. The van der Waals surface area contributed by atoms with Crippen LogP contribution in [0.4, 0.5) is 13.2 Å². The van der Waals surface area contributed by atoms with E-state index in [0.717, 1.165) is 29.1 Å². The van der Waals surface area contributed by atoms with Gasteiger partial charge in [0.15, 0.2) is 5.78 Å². The van der Waals surface area contributed by atoms with Gasteiger partial charge in [-0.25, -0.2) is 13.1 Å². The Bertz CT molecular complexity index is 824. The third-order valence-electron chi connectivity index (χ3n) is 3.16. The van der Waals surface area contributed by atoms with Gasteiger partial charge in [0.05, 0.1) is 15.3 Å². The molecule has 1 aromatic carbocycles. The van der Waals surface area contributed by atoms with Crippen LogP contribution in [0.1, 0.15) is 27.0 Å². The van der Waals surface area contributed by atoms with Crippen molar-refractivity contribution in [1.82, 2.24) is 4.72 Å². The van der Waals surface area contributed by atoms with E-state index in [1.807, 2.05) is 0 Å². The van der Waals surface area contributed by atoms with Gasteiger partial charge in [0.25, 0.3) is 0 Å². The Hall–Kier alpha value is -1.71. The lowest BCUT2D eigenvalue weighted by Gasteiger charge is -2.09. The summed E-state index contributed by atoms with van der Waals surface area (Å²) in [5, 5.41) is 0. The Labute approximate surface area is 141 Å². The Morgan fingerprint density at radius 1 is 1.12 bits per heavy atom. The van der Waals surface area contributed by atoms with Crippen LogP contribution in [0.25, 0.3) is 0 Å². The molecular weight excluding hydrogens is 363 g/mol. The number of carbonyl (C=O) groups excluding carboxylic acids is 1. The van der Waals surface area contributed by atoms with E-state index in [0.29, 0.717) is 11.3 Å². The molecule has 1 aromatic heterocycles. The summed E-state index contributed by atoms with van der Waals surface area (Å²) in [6, 6.07) is 6.72. The van der Waals surface area contributed by atoms with Crippen LogP contribution in [-0.2, 0) is 22.6 Å². The van der Waals surface area contributed by atoms with Crippen LogP contribution < -0.4 is 4.72 Å². The molecule has 0 aliphatic rings. The van der Waals surface area contributed by atoms with Crippen LogP contribution in [0.3, 0.4) is 0 Å². The standard InChI is InChI=1S/C15H14F3NO3S2/c1-10(20)14-7-4-12(23-14)8-9-19-24(21,22)13-5-2-11(3-6-13)15(16,17)18/h2-7,19H,8-9H2,1H3. The second-order valence-corrected chi connectivity index (χ2v) is 7.93. The zero-order valence-corrected chi connectivity index (χ0v) is 14.2. The van der Waals surface area contributed by atoms with Crippen molar-refractivity contribution in [3.63, 3.8) is 0 Å². The van der Waals surface area contributed by atoms with Gasteiger partial charge in [-0.2, -0.15) is 13.2 Å². The van der Waals surface area contributed by atoms with Gasteiger partial charge in [-0.1, -0.05) is 0 Å². The summed E-state index contributed by atoms with van der Waals surface area (Å²) < 4.78 is 63.9. The molecule has 0 fully saturated rings. The predicted molar refractivity (Wildman–Crippen MR) is 84.7 cm³/mol. The highest BCUT2D eigenvalue weighted by Crippen LogP contribution is 2.29. The molecule has 1 heterocycles. The SMILES string of the molecule is CC(=O)c1ccc(CCNS(=O)(=O)c2ccc(C(F)(F)F)cc2)s1. The van der Waals surface area contributed by atoms with E-state index in [1.165, 1.54) is 18.3 Å². The Balaban J connectivity index is 1.99. The molecule has 0 atom stereocenters. The fourth-order valence-electron chi connectivity index (χ4n) is 1.92. The Kier molecular flexibility index (Phi) is 5.46. The first-order chi connectivity index (χ1) is 11.1. The number of benzene rings is 1. The lowest BCUT2D eigenvalue weighted by atomic mass is 10.2. The minimum atomic E-state index is -4.51. The number of hydrogen-bond acceptors (Lipinski definition) is 4. The molecule has 0 saturated carbocycles. The van der Waals surface area contributed by atoms with E-state index in [4.69, 9.17) is 0 Å². The molecule has 0 saturated heterocycles. The summed E-state index contributed by atoms with van der Waals surface area (Å²) in [7, 11) is -3.88. The lowest BCUT2D eigenvalue weighted by molar-refractivity contribution is -0.137. The molecule has 1 N–H and O–H groups in total. The molecule has 130 valence electrons. The van der Waals surface area contributed by atoms with Crippen LogP contribution in [0, 0.1) is 0 Å². The monoisotopic (exact) mass is 377 g/mol. The van der Waals surface area contributed by atoms with Gasteiger partial charge >= 0.3 is 6.18 Å². The molecule has 24 heavy (non-hydrogen) atoms. The number of carbonyl (C=O) groups is 1. The summed E-state index contributed by atoms with van der Waals surface area (Å²) in [6.45, 7) is 1.53. The van der Waals surface area contributed by atoms with Crippen molar-refractivity contribution in [2.75, 3.05) is 6.54 Å². The highest BCUT2D eigenvalue weighted by atomic mass is 32.2. The first kappa shape index (κ1) is 18.6. The van der Waals surface area contributed by atoms with Gasteiger partial charge in [0.1, 0.15) is 0 Å². The number of rotatable bonds is 6. The summed E-state index contributed by atoms with van der Waals surface area (Å²) >= 11 is 1.28. The molecular formula is C15H14F3NO3S2. The van der Waals surface area contributed by atoms with Crippen LogP contribution in [0.15, 0.2) is 41.3 Å². The van der Waals surface area contributed by atoms with Gasteiger partial charge in [-0.05, 0) is 49.7 Å². The van der Waals surface area contributed by atoms with Crippen molar-refractivity contribution < 1.29 is 26.4 Å². The molecule has 9 heteroatoms. The molecule has 0 amide bonds. The molecule has 2 aromatic rings. The second-order valence-electron chi connectivity index (χ2n) is 4.99. The van der Waals surface area contributed by atoms with Gasteiger partial charge in [-0.3, -0.25) is 4.79 Å². The molecule has 0 spiro atoms. The van der Waals surface area contributed by atoms with Crippen LogP contribution in [0.2, 0.25) is 0 Å². The molecule has 0 radical (unpaired) electrons. The Morgan fingerprint density at radius 3 is 2.25 bits per heavy atom. The molecule has 0 bridgehead atoms. The molecule has 0 aliphatic heterocycles. The van der Waals surface area contributed by atoms with E-state index in [2.05, 4.69) is 4.72 Å². The van der Waals surface area contributed by atoms with Crippen LogP contribution >= 0.6 is 11.3 Å². The van der Waals surface area contributed by atoms with Crippen molar-refractivity contribution in [2.24, 2.45) is 0 Å². The fraction of sp³-hybridized carbons (Fsp3) is 0.267. The molecule has 4 nitrogen and oxygen atoms in total. The summed E-state index contributed by atoms with van der Waals surface area (Å²) in [6.07, 6.45) is -4.12. The van der Waals surface area contributed by atoms with Crippen molar-refractivity contribution >= 4 is 27.1 Å². The lowest BCUT2D eigenvalue weighted by Crippen LogP contribution is -2.25. The maximum absolute atomic E-state index is 12.5. The minimum Gasteiger partial charge on any atom is -0.294 e. The van der Waals surface area contributed by atoms with Gasteiger partial charge in [-0.15, -0.1) is 11.3 Å². The highest BCUT2D eigenvalue weighted by molar-refractivity contribution is 7.89. The number of ketones is 1. The number of sulfonamides is 1. The average Bonchev–Trinajstić information content (AvgIpc) is 2.95. The van der Waals surface area contributed by atoms with E-state index in [9.17, 15) is 26.4 Å². The number of Topliss-reactive ketones (excluding diaryl/α,β-unsaturated/α-hetero) is 1. The molecule has 0 aliphatic carbocycles. The van der Waals surface area contributed by atoms with Gasteiger partial charge < -0.3 is 0 Å². The summed E-state index contributed by atoms with van der Waals surface area (Å²) in [5.74, 6) is -0.0587.